The van der Waals surface area contributed by atoms with E-state index in [1.165, 1.54) is 10.5 Å². The van der Waals surface area contributed by atoms with Crippen LogP contribution >= 0.6 is 0 Å². The summed E-state index contributed by atoms with van der Waals surface area (Å²) in [5.41, 5.74) is 6.01. The topological polar surface area (TPSA) is 99.4 Å². The summed E-state index contributed by atoms with van der Waals surface area (Å²) in [7, 11) is -3.63. The fourth-order valence-electron chi connectivity index (χ4n) is 2.85. The summed E-state index contributed by atoms with van der Waals surface area (Å²) in [6.45, 7) is 2.22. The van der Waals surface area contributed by atoms with Crippen LogP contribution in [0.3, 0.4) is 0 Å². The van der Waals surface area contributed by atoms with Crippen molar-refractivity contribution in [2.75, 3.05) is 18.8 Å². The number of benzene rings is 1. The average molecular weight is 309 g/mol. The molecule has 114 valence electrons. The lowest BCUT2D eigenvalue weighted by Crippen LogP contribution is -2.48. The second-order valence-corrected chi connectivity index (χ2v) is 7.80. The Labute approximate surface area is 123 Å². The number of aromatic amines is 1. The van der Waals surface area contributed by atoms with E-state index in [9.17, 15) is 13.5 Å². The van der Waals surface area contributed by atoms with Crippen molar-refractivity contribution in [3.63, 3.8) is 0 Å². The van der Waals surface area contributed by atoms with E-state index in [1.54, 1.807) is 25.1 Å². The molecule has 1 fully saturated rings. The molecule has 1 saturated heterocycles. The lowest BCUT2D eigenvalue weighted by molar-refractivity contribution is 0.00942. The van der Waals surface area contributed by atoms with Crippen LogP contribution < -0.4 is 5.73 Å². The first-order valence-electron chi connectivity index (χ1n) is 6.89. The summed E-state index contributed by atoms with van der Waals surface area (Å²) in [5.74, 6) is 0. The molecule has 21 heavy (non-hydrogen) atoms. The quantitative estimate of drug-likeness (QED) is 0.728. The van der Waals surface area contributed by atoms with Crippen molar-refractivity contribution in [1.82, 2.24) is 9.29 Å². The number of nitrogens with two attached hydrogens (primary N) is 1. The molecule has 0 radical (unpaired) electrons. The molecule has 6 nitrogen and oxygen atoms in total. The maximum absolute atomic E-state index is 12.8. The molecule has 0 saturated carbocycles. The summed E-state index contributed by atoms with van der Waals surface area (Å²) in [6, 6.07) is 5.10. The van der Waals surface area contributed by atoms with E-state index < -0.39 is 15.6 Å². The van der Waals surface area contributed by atoms with Gasteiger partial charge in [-0.25, -0.2) is 8.42 Å². The highest BCUT2D eigenvalue weighted by Crippen LogP contribution is 2.30. The SMILES string of the molecule is CC1(O)CCCN(S(=O)(=O)c2c[nH]c3cc(N)ccc23)C1. The molecule has 4 N–H and O–H groups in total. The first kappa shape index (κ1) is 14.4. The summed E-state index contributed by atoms with van der Waals surface area (Å²) in [6.07, 6.45) is 2.76. The standard InChI is InChI=1S/C14H19N3O3S/c1-14(18)5-2-6-17(9-14)21(19,20)13-8-16-12-7-10(15)3-4-11(12)13/h3-4,7-8,16,18H,2,5-6,9,15H2,1H3. The Kier molecular flexibility index (Phi) is 3.23. The van der Waals surface area contributed by atoms with Crippen molar-refractivity contribution in [2.45, 2.75) is 30.3 Å². The number of nitrogen functional groups attached to an aromatic ring is 1. The molecule has 3 rings (SSSR count). The molecule has 0 spiro atoms. The number of hydrogen-bond acceptors (Lipinski definition) is 4. The summed E-state index contributed by atoms with van der Waals surface area (Å²) < 4.78 is 27.0. The fourth-order valence-corrected chi connectivity index (χ4v) is 4.61. The molecule has 1 aliphatic heterocycles. The van der Waals surface area contributed by atoms with E-state index in [-0.39, 0.29) is 11.4 Å². The van der Waals surface area contributed by atoms with Crippen LogP contribution in [0.5, 0.6) is 0 Å². The number of sulfonamides is 1. The molecule has 1 unspecified atom stereocenters. The molecule has 0 amide bonds. The predicted molar refractivity (Wildman–Crippen MR) is 81.3 cm³/mol. The lowest BCUT2D eigenvalue weighted by Gasteiger charge is -2.35. The number of rotatable bonds is 2. The predicted octanol–water partition coefficient (Wildman–Crippen LogP) is 1.29. The highest BCUT2D eigenvalue weighted by Gasteiger charge is 2.36. The van der Waals surface area contributed by atoms with Crippen LogP contribution in [0.2, 0.25) is 0 Å². The molecular formula is C14H19N3O3S. The number of H-pyrrole nitrogens is 1. The molecule has 1 aromatic heterocycles. The highest BCUT2D eigenvalue weighted by atomic mass is 32.2. The maximum atomic E-state index is 12.8. The number of nitrogens with one attached hydrogen (secondary N) is 1. The van der Waals surface area contributed by atoms with Crippen molar-refractivity contribution < 1.29 is 13.5 Å². The first-order valence-corrected chi connectivity index (χ1v) is 8.33. The van der Waals surface area contributed by atoms with Crippen LogP contribution in [0.1, 0.15) is 19.8 Å². The second kappa shape index (κ2) is 4.72. The molecule has 0 aliphatic carbocycles. The monoisotopic (exact) mass is 309 g/mol. The van der Waals surface area contributed by atoms with Crippen LogP contribution in [0.4, 0.5) is 5.69 Å². The number of anilines is 1. The smallest absolute Gasteiger partial charge is 0.245 e. The molecular weight excluding hydrogens is 290 g/mol. The Morgan fingerprint density at radius 3 is 2.90 bits per heavy atom. The summed E-state index contributed by atoms with van der Waals surface area (Å²) in [5, 5.41) is 10.7. The van der Waals surface area contributed by atoms with E-state index in [2.05, 4.69) is 4.98 Å². The minimum absolute atomic E-state index is 0.122. The van der Waals surface area contributed by atoms with Crippen LogP contribution in [-0.2, 0) is 10.0 Å². The highest BCUT2D eigenvalue weighted by molar-refractivity contribution is 7.89. The largest absolute Gasteiger partial charge is 0.399 e. The van der Waals surface area contributed by atoms with Crippen LogP contribution in [-0.4, -0.2) is 41.5 Å². The Bertz CT molecular complexity index is 780. The fraction of sp³-hybridized carbons (Fsp3) is 0.429. The number of aliphatic hydroxyl groups is 1. The van der Waals surface area contributed by atoms with Crippen molar-refractivity contribution in [2.24, 2.45) is 0 Å². The lowest BCUT2D eigenvalue weighted by atomic mass is 9.97. The van der Waals surface area contributed by atoms with Crippen molar-refractivity contribution in [1.29, 1.82) is 0 Å². The Morgan fingerprint density at radius 1 is 1.43 bits per heavy atom. The van der Waals surface area contributed by atoms with E-state index >= 15 is 0 Å². The van der Waals surface area contributed by atoms with Gasteiger partial charge in [-0.3, -0.25) is 0 Å². The maximum Gasteiger partial charge on any atom is 0.245 e. The minimum atomic E-state index is -3.63. The number of piperidine rings is 1. The van der Waals surface area contributed by atoms with Gasteiger partial charge in [-0.05, 0) is 38.0 Å². The zero-order chi connectivity index (χ0) is 15.3. The molecule has 7 heteroatoms. The third-order valence-corrected chi connectivity index (χ3v) is 5.81. The molecule has 0 bridgehead atoms. The molecule has 1 aromatic carbocycles. The van der Waals surface area contributed by atoms with Crippen LogP contribution in [0, 0.1) is 0 Å². The Hall–Kier alpha value is -1.57. The number of β-amino-alcohol motifs (C(OH)–C–C–N with tert-alkyl or cyclic N) is 1. The van der Waals surface area contributed by atoms with Gasteiger partial charge in [0.1, 0.15) is 4.90 Å². The van der Waals surface area contributed by atoms with Gasteiger partial charge in [0.2, 0.25) is 10.0 Å². The number of fused-ring (bicyclic) bond motifs is 1. The normalized spacial score (nSPS) is 24.5. The van der Waals surface area contributed by atoms with Crippen molar-refractivity contribution in [3.8, 4) is 0 Å². The second-order valence-electron chi connectivity index (χ2n) is 5.90. The zero-order valence-corrected chi connectivity index (χ0v) is 12.7. The van der Waals surface area contributed by atoms with E-state index in [0.29, 0.717) is 36.0 Å². The van der Waals surface area contributed by atoms with Gasteiger partial charge in [0, 0.05) is 35.9 Å². The van der Waals surface area contributed by atoms with E-state index in [0.717, 1.165) is 0 Å². The van der Waals surface area contributed by atoms with Crippen molar-refractivity contribution in [3.05, 3.63) is 24.4 Å². The van der Waals surface area contributed by atoms with Gasteiger partial charge >= 0.3 is 0 Å². The minimum Gasteiger partial charge on any atom is -0.399 e. The summed E-state index contributed by atoms with van der Waals surface area (Å²) in [4.78, 5) is 3.18. The third kappa shape index (κ3) is 2.52. The zero-order valence-electron chi connectivity index (χ0n) is 11.8. The van der Waals surface area contributed by atoms with Gasteiger partial charge in [0.05, 0.1) is 5.60 Å². The van der Waals surface area contributed by atoms with Gasteiger partial charge in [0.15, 0.2) is 0 Å². The third-order valence-electron chi connectivity index (χ3n) is 3.93. The van der Waals surface area contributed by atoms with Gasteiger partial charge in [-0.1, -0.05) is 0 Å². The van der Waals surface area contributed by atoms with Gasteiger partial charge < -0.3 is 15.8 Å². The van der Waals surface area contributed by atoms with E-state index in [4.69, 9.17) is 5.73 Å². The van der Waals surface area contributed by atoms with Gasteiger partial charge in [0.25, 0.3) is 0 Å². The van der Waals surface area contributed by atoms with Crippen LogP contribution in [0.25, 0.3) is 10.9 Å². The number of aromatic nitrogens is 1. The molecule has 1 atom stereocenters. The number of nitrogens with zero attached hydrogens (tertiary/aromatic N) is 1. The Morgan fingerprint density at radius 2 is 2.19 bits per heavy atom. The summed E-state index contributed by atoms with van der Waals surface area (Å²) >= 11 is 0. The van der Waals surface area contributed by atoms with Crippen LogP contribution in [0.15, 0.2) is 29.3 Å². The van der Waals surface area contributed by atoms with Gasteiger partial charge in [-0.2, -0.15) is 4.31 Å². The molecule has 1 aliphatic rings. The molecule has 2 aromatic rings. The molecule has 2 heterocycles. The van der Waals surface area contributed by atoms with E-state index in [1.807, 2.05) is 0 Å². The first-order chi connectivity index (χ1) is 9.79. The number of hydrogen-bond donors (Lipinski definition) is 3. The average Bonchev–Trinajstić information content (AvgIpc) is 2.81. The van der Waals surface area contributed by atoms with Gasteiger partial charge in [-0.15, -0.1) is 0 Å². The van der Waals surface area contributed by atoms with Crippen molar-refractivity contribution >= 4 is 26.6 Å². The Balaban J connectivity index is 2.04.